The van der Waals surface area contributed by atoms with Crippen LogP contribution in [0.2, 0.25) is 0 Å². The van der Waals surface area contributed by atoms with Crippen molar-refractivity contribution < 1.29 is 29.1 Å². The smallest absolute Gasteiger partial charge is 0.287 e. The Labute approximate surface area is 303 Å². The van der Waals surface area contributed by atoms with Crippen LogP contribution in [0.25, 0.3) is 10.8 Å². The number of primary amides is 1. The summed E-state index contributed by atoms with van der Waals surface area (Å²) in [7, 11) is 0. The van der Waals surface area contributed by atoms with Crippen LogP contribution in [0.4, 0.5) is 0 Å². The number of amides is 4. The fourth-order valence-electron chi connectivity index (χ4n) is 9.30. The predicted molar refractivity (Wildman–Crippen MR) is 191 cm³/mol. The lowest BCUT2D eigenvalue weighted by Gasteiger charge is -2.55. The number of aliphatic hydroxyl groups is 1. The average molecular weight is 712 g/mol. The maximum Gasteiger partial charge on any atom is 0.287 e. The van der Waals surface area contributed by atoms with Crippen LogP contribution in [-0.2, 0) is 24.8 Å². The summed E-state index contributed by atoms with van der Waals surface area (Å²) in [4.78, 5) is 70.0. The molecule has 13 heteroatoms. The first-order valence-electron chi connectivity index (χ1n) is 18.7. The van der Waals surface area contributed by atoms with Gasteiger partial charge in [-0.2, -0.15) is 0 Å². The summed E-state index contributed by atoms with van der Waals surface area (Å²) in [5.41, 5.74) is 3.91. The molecule has 4 fully saturated rings. The van der Waals surface area contributed by atoms with Crippen LogP contribution in [-0.4, -0.2) is 78.6 Å². The van der Waals surface area contributed by atoms with E-state index in [9.17, 15) is 29.1 Å². The Morgan fingerprint density at radius 3 is 2.35 bits per heavy atom. The molecule has 3 atom stereocenters. The second-order valence-electron chi connectivity index (χ2n) is 16.3. The van der Waals surface area contributed by atoms with Crippen LogP contribution in [0.5, 0.6) is 0 Å². The molecule has 13 nitrogen and oxygen atoms in total. The van der Waals surface area contributed by atoms with Gasteiger partial charge in [0, 0.05) is 18.5 Å². The van der Waals surface area contributed by atoms with E-state index in [4.69, 9.17) is 5.73 Å². The van der Waals surface area contributed by atoms with Gasteiger partial charge in [0.15, 0.2) is 0 Å². The lowest BCUT2D eigenvalue weighted by molar-refractivity contribution is -0.145. The summed E-state index contributed by atoms with van der Waals surface area (Å²) in [6.45, 7) is 3.27. The predicted octanol–water partition coefficient (Wildman–Crippen LogP) is 3.44. The van der Waals surface area contributed by atoms with Crippen molar-refractivity contribution in [2.24, 2.45) is 17.1 Å². The molecular formula is C39H49N7O6. The fraction of sp³-hybridized carbons (Fsp3) is 0.564. The van der Waals surface area contributed by atoms with Crippen molar-refractivity contribution in [1.82, 2.24) is 30.5 Å². The van der Waals surface area contributed by atoms with Crippen LogP contribution in [0, 0.1) is 11.3 Å². The number of aromatic nitrogens is 3. The molecule has 52 heavy (non-hydrogen) atoms. The quantitative estimate of drug-likeness (QED) is 0.218. The van der Waals surface area contributed by atoms with Crippen molar-refractivity contribution in [3.05, 3.63) is 59.9 Å². The van der Waals surface area contributed by atoms with Gasteiger partial charge in [0.2, 0.25) is 17.6 Å². The number of hydrogen-bond acceptors (Lipinski definition) is 8. The number of rotatable bonds is 11. The maximum atomic E-state index is 14.9. The summed E-state index contributed by atoms with van der Waals surface area (Å²) in [6, 6.07) is 10.7. The van der Waals surface area contributed by atoms with Gasteiger partial charge < -0.3 is 26.4 Å². The minimum absolute atomic E-state index is 0.0527. The van der Waals surface area contributed by atoms with E-state index in [0.717, 1.165) is 30.0 Å². The monoisotopic (exact) mass is 711 g/mol. The topological polar surface area (TPSA) is 190 Å². The van der Waals surface area contributed by atoms with E-state index in [-0.39, 0.29) is 37.6 Å². The minimum Gasteiger partial charge on any atom is -0.384 e. The molecule has 3 saturated carbocycles. The first-order valence-corrected chi connectivity index (χ1v) is 18.7. The molecule has 1 aromatic heterocycles. The van der Waals surface area contributed by atoms with Crippen molar-refractivity contribution >= 4 is 40.2 Å². The lowest BCUT2D eigenvalue weighted by Crippen LogP contribution is -2.63. The van der Waals surface area contributed by atoms with E-state index in [2.05, 4.69) is 20.9 Å². The number of nitrogens with one attached hydrogen (secondary N) is 2. The summed E-state index contributed by atoms with van der Waals surface area (Å²) in [6.07, 6.45) is 10.3. The van der Waals surface area contributed by atoms with Gasteiger partial charge in [-0.25, -0.2) is 4.68 Å². The van der Waals surface area contributed by atoms with E-state index < -0.39 is 52.8 Å². The highest BCUT2D eigenvalue weighted by Gasteiger charge is 2.51. The number of fused-ring (bicyclic) bond motifs is 1. The van der Waals surface area contributed by atoms with Gasteiger partial charge in [-0.15, -0.1) is 5.10 Å². The highest BCUT2D eigenvalue weighted by molar-refractivity contribution is 6.39. The number of carbonyl (C=O) groups excluding carboxylic acids is 5. The molecule has 1 aliphatic heterocycles. The van der Waals surface area contributed by atoms with E-state index >= 15 is 0 Å². The number of nitrogens with zero attached hydrogens (tertiary/aromatic N) is 4. The number of benzene rings is 2. The van der Waals surface area contributed by atoms with Gasteiger partial charge in [0.05, 0.1) is 17.9 Å². The van der Waals surface area contributed by atoms with Gasteiger partial charge in [0.1, 0.15) is 23.2 Å². The zero-order valence-electron chi connectivity index (χ0n) is 30.0. The third kappa shape index (κ3) is 6.82. The Balaban J connectivity index is 1.20. The number of carbonyl (C=O) groups is 5. The van der Waals surface area contributed by atoms with E-state index in [1.807, 2.05) is 36.4 Å². The molecule has 1 saturated heterocycles. The molecule has 4 aliphatic rings. The van der Waals surface area contributed by atoms with E-state index in [1.165, 1.54) is 30.4 Å². The third-order valence-corrected chi connectivity index (χ3v) is 12.2. The van der Waals surface area contributed by atoms with E-state index in [1.54, 1.807) is 24.6 Å². The molecule has 1 unspecified atom stereocenters. The largest absolute Gasteiger partial charge is 0.384 e. The summed E-state index contributed by atoms with van der Waals surface area (Å²) >= 11 is 0. The van der Waals surface area contributed by atoms with Crippen LogP contribution in [0.15, 0.2) is 48.7 Å². The van der Waals surface area contributed by atoms with Crippen molar-refractivity contribution in [3.63, 3.8) is 0 Å². The highest BCUT2D eigenvalue weighted by Crippen LogP contribution is 2.59. The maximum absolute atomic E-state index is 14.9. The second-order valence-corrected chi connectivity index (χ2v) is 16.3. The molecule has 2 heterocycles. The fourth-order valence-corrected chi connectivity index (χ4v) is 9.30. The molecule has 0 bridgehead atoms. The SMILES string of the molecule is CC(C)(O)c1cnnn1[C@H]1C[C@@H](C(=O)NC2(C(=O)C(N)=O)CCCCC2)N(C(=O)C(CC2CC3(CCC3)C2)NC(=O)c2ccc3ccccc3c2)C1. The highest BCUT2D eigenvalue weighted by atomic mass is 16.3. The summed E-state index contributed by atoms with van der Waals surface area (Å²) < 4.78 is 1.55. The first-order chi connectivity index (χ1) is 24.8. The molecule has 276 valence electrons. The minimum atomic E-state index is -1.45. The second kappa shape index (κ2) is 13.7. The zero-order valence-corrected chi connectivity index (χ0v) is 30.0. The Hall–Kier alpha value is -4.65. The van der Waals surface area contributed by atoms with Crippen LogP contribution < -0.4 is 16.4 Å². The lowest BCUT2D eigenvalue weighted by atomic mass is 9.51. The molecule has 0 radical (unpaired) electrons. The molecule has 3 aromatic rings. The van der Waals surface area contributed by atoms with E-state index in [0.29, 0.717) is 35.9 Å². The van der Waals surface area contributed by atoms with Crippen LogP contribution >= 0.6 is 0 Å². The van der Waals surface area contributed by atoms with Gasteiger partial charge in [-0.1, -0.05) is 61.2 Å². The molecule has 2 aromatic carbocycles. The van der Waals surface area contributed by atoms with Crippen molar-refractivity contribution in [2.45, 2.75) is 120 Å². The molecule has 5 N–H and O–H groups in total. The van der Waals surface area contributed by atoms with Crippen LogP contribution in [0.1, 0.15) is 113 Å². The number of ketones is 1. The molecule has 3 aliphatic carbocycles. The first kappa shape index (κ1) is 35.7. The normalized spacial score (nSPS) is 23.0. The van der Waals surface area contributed by atoms with Gasteiger partial charge in [-0.3, -0.25) is 24.0 Å². The van der Waals surface area contributed by atoms with Crippen molar-refractivity contribution in [1.29, 1.82) is 0 Å². The summed E-state index contributed by atoms with van der Waals surface area (Å²) in [5, 5.41) is 27.0. The standard InChI is InChI=1S/C39H49N7O6/c1-37(2,52)31-22-41-44-46(31)28-19-30(35(50)43-39(32(47)33(40)48)15-6-3-7-16-39)45(23-28)36(51)29(17-24-20-38(21-24)13-8-14-38)42-34(49)27-12-11-25-9-4-5-10-26(25)18-27/h4-5,9-12,18,22,24,28-30,52H,3,6-8,13-17,19-21,23H2,1-2H3,(H2,40,48)(H,42,49)(H,43,50)/t28-,29?,30-/m0/s1. The van der Waals surface area contributed by atoms with Crippen LogP contribution in [0.3, 0.4) is 0 Å². The number of hydrogen-bond donors (Lipinski definition) is 4. The Morgan fingerprint density at radius 1 is 0.981 bits per heavy atom. The molecule has 1 spiro atoms. The third-order valence-electron chi connectivity index (χ3n) is 12.2. The molecular weight excluding hydrogens is 662 g/mol. The Bertz CT molecular complexity index is 1880. The summed E-state index contributed by atoms with van der Waals surface area (Å²) in [5.74, 6) is -3.08. The molecule has 4 amide bonds. The Kier molecular flexibility index (Phi) is 9.43. The van der Waals surface area contributed by atoms with Gasteiger partial charge >= 0.3 is 0 Å². The zero-order chi connectivity index (χ0) is 36.8. The number of likely N-dealkylation sites (tertiary alicyclic amines) is 1. The van der Waals surface area contributed by atoms with Crippen molar-refractivity contribution in [3.8, 4) is 0 Å². The average Bonchev–Trinajstić information content (AvgIpc) is 3.76. The van der Waals surface area contributed by atoms with Gasteiger partial charge in [0.25, 0.3) is 11.8 Å². The van der Waals surface area contributed by atoms with Gasteiger partial charge in [-0.05, 0) is 93.0 Å². The number of nitrogens with two attached hydrogens (primary N) is 1. The number of Topliss-reactive ketones (excluding diaryl/α,β-unsaturated/α-hetero) is 1. The molecule has 7 rings (SSSR count). The van der Waals surface area contributed by atoms with Crippen molar-refractivity contribution in [2.75, 3.05) is 6.54 Å². The Morgan fingerprint density at radius 2 is 1.69 bits per heavy atom.